The third-order valence-electron chi connectivity index (χ3n) is 5.46. The van der Waals surface area contributed by atoms with E-state index in [2.05, 4.69) is 10.3 Å². The number of hydrogen-bond donors (Lipinski definition) is 2. The summed E-state index contributed by atoms with van der Waals surface area (Å²) >= 11 is 0. The first-order valence-corrected chi connectivity index (χ1v) is 11.0. The van der Waals surface area contributed by atoms with Gasteiger partial charge in [0.05, 0.1) is 17.8 Å². The third-order valence-corrected chi connectivity index (χ3v) is 5.46. The summed E-state index contributed by atoms with van der Waals surface area (Å²) in [5.74, 6) is -2.59. The second-order valence-corrected chi connectivity index (χ2v) is 9.66. The van der Waals surface area contributed by atoms with Gasteiger partial charge < -0.3 is 16.0 Å². The lowest BCUT2D eigenvalue weighted by atomic mass is 9.98. The molecule has 0 saturated carbocycles. The Morgan fingerprint density at radius 3 is 2.49 bits per heavy atom. The van der Waals surface area contributed by atoms with Crippen molar-refractivity contribution in [3.05, 3.63) is 64.0 Å². The molecule has 0 fully saturated rings. The predicted molar refractivity (Wildman–Crippen MR) is 118 cm³/mol. The number of aromatic nitrogens is 1. The highest BCUT2D eigenvalue weighted by Gasteiger charge is 2.39. The molecule has 35 heavy (non-hydrogen) atoms. The van der Waals surface area contributed by atoms with Gasteiger partial charge in [-0.2, -0.15) is 13.2 Å². The molecule has 1 aromatic carbocycles. The zero-order valence-corrected chi connectivity index (χ0v) is 19.6. The van der Waals surface area contributed by atoms with E-state index in [1.54, 1.807) is 20.8 Å². The van der Waals surface area contributed by atoms with Gasteiger partial charge in [0.2, 0.25) is 5.91 Å². The topological polar surface area (TPSA) is 88.3 Å². The first-order valence-electron chi connectivity index (χ1n) is 11.0. The van der Waals surface area contributed by atoms with Crippen LogP contribution in [0.3, 0.4) is 0 Å². The van der Waals surface area contributed by atoms with Crippen molar-refractivity contribution in [2.24, 2.45) is 5.73 Å². The maximum Gasteiger partial charge on any atom is 0.434 e. The molecule has 11 heteroatoms. The summed E-state index contributed by atoms with van der Waals surface area (Å²) in [6.45, 7) is 4.97. The molecule has 0 spiro atoms. The fourth-order valence-electron chi connectivity index (χ4n) is 3.88. The van der Waals surface area contributed by atoms with Crippen LogP contribution in [0.5, 0.6) is 0 Å². The number of benzene rings is 1. The van der Waals surface area contributed by atoms with Crippen LogP contribution >= 0.6 is 0 Å². The summed E-state index contributed by atoms with van der Waals surface area (Å²) in [5.41, 5.74) is 3.88. The molecule has 190 valence electrons. The molecule has 3 rings (SSSR count). The minimum absolute atomic E-state index is 0.0341. The Balaban J connectivity index is 1.76. The number of rotatable bonds is 5. The van der Waals surface area contributed by atoms with Gasteiger partial charge in [-0.05, 0) is 69.0 Å². The highest BCUT2D eigenvalue weighted by Crippen LogP contribution is 2.33. The van der Waals surface area contributed by atoms with Crippen LogP contribution in [0.4, 0.5) is 22.0 Å². The molecule has 0 radical (unpaired) electrons. The standard InChI is InChI=1S/C24H27F5N4O2/c1-23(2,3)32-22(35)17-10-13-6-7-33(12-19(13)31-21(17)24(27,28)29)20(34)11-16(30)9-14-8-15(25)4-5-18(14)26/h4-5,8,10,16H,6-7,9,11-12,30H2,1-3H3,(H,32,35). The zero-order valence-electron chi connectivity index (χ0n) is 19.6. The number of hydrogen-bond acceptors (Lipinski definition) is 4. The van der Waals surface area contributed by atoms with Crippen molar-refractivity contribution in [1.29, 1.82) is 0 Å². The minimum atomic E-state index is -4.87. The number of carbonyl (C=O) groups excluding carboxylic acids is 2. The van der Waals surface area contributed by atoms with E-state index in [4.69, 9.17) is 5.73 Å². The molecular formula is C24H27F5N4O2. The average molecular weight is 498 g/mol. The molecule has 2 aromatic rings. The van der Waals surface area contributed by atoms with Gasteiger partial charge in [-0.15, -0.1) is 0 Å². The zero-order chi connectivity index (χ0) is 26.1. The maximum absolute atomic E-state index is 13.9. The summed E-state index contributed by atoms with van der Waals surface area (Å²) in [6.07, 6.45) is -4.95. The fraction of sp³-hybridized carbons (Fsp3) is 0.458. The molecule has 2 heterocycles. The Morgan fingerprint density at radius 2 is 1.86 bits per heavy atom. The second kappa shape index (κ2) is 9.88. The van der Waals surface area contributed by atoms with E-state index in [1.807, 2.05) is 0 Å². The number of carbonyl (C=O) groups is 2. The number of pyridine rings is 1. The Bertz CT molecular complexity index is 1130. The molecule has 0 bridgehead atoms. The van der Waals surface area contributed by atoms with Crippen LogP contribution in [-0.4, -0.2) is 39.8 Å². The van der Waals surface area contributed by atoms with Crippen LogP contribution < -0.4 is 11.1 Å². The van der Waals surface area contributed by atoms with Crippen molar-refractivity contribution in [2.45, 2.75) is 64.3 Å². The molecule has 6 nitrogen and oxygen atoms in total. The molecule has 1 atom stereocenters. The van der Waals surface area contributed by atoms with Crippen LogP contribution in [0.2, 0.25) is 0 Å². The third kappa shape index (κ3) is 6.74. The first-order chi connectivity index (χ1) is 16.1. The van der Waals surface area contributed by atoms with Crippen molar-refractivity contribution >= 4 is 11.8 Å². The predicted octanol–water partition coefficient (Wildman–Crippen LogP) is 3.75. The Kier molecular flexibility index (Phi) is 7.49. The van der Waals surface area contributed by atoms with E-state index in [9.17, 15) is 31.5 Å². The summed E-state index contributed by atoms with van der Waals surface area (Å²) in [6, 6.07) is 3.32. The lowest BCUT2D eigenvalue weighted by Crippen LogP contribution is -2.42. The SMILES string of the molecule is CC(C)(C)NC(=O)c1cc2c(nc1C(F)(F)F)CN(C(=O)CC(N)Cc1cc(F)ccc1F)CC2. The highest BCUT2D eigenvalue weighted by atomic mass is 19.4. The van der Waals surface area contributed by atoms with Crippen LogP contribution in [-0.2, 0) is 30.4 Å². The van der Waals surface area contributed by atoms with Crippen LogP contribution in [0.15, 0.2) is 24.3 Å². The maximum atomic E-state index is 13.9. The molecule has 1 aromatic heterocycles. The molecule has 1 aliphatic heterocycles. The van der Waals surface area contributed by atoms with Gasteiger partial charge >= 0.3 is 6.18 Å². The number of fused-ring (bicyclic) bond motifs is 1. The molecule has 1 aliphatic rings. The van der Waals surface area contributed by atoms with Gasteiger partial charge in [0.25, 0.3) is 5.91 Å². The van der Waals surface area contributed by atoms with E-state index in [1.165, 1.54) is 11.0 Å². The average Bonchev–Trinajstić information content (AvgIpc) is 2.73. The van der Waals surface area contributed by atoms with E-state index < -0.39 is 52.5 Å². The van der Waals surface area contributed by atoms with Gasteiger partial charge in [0, 0.05) is 24.5 Å². The molecule has 1 unspecified atom stereocenters. The Hall–Kier alpha value is -3.08. The monoisotopic (exact) mass is 498 g/mol. The number of amides is 2. The smallest absolute Gasteiger partial charge is 0.347 e. The van der Waals surface area contributed by atoms with Crippen LogP contribution in [0.1, 0.15) is 60.1 Å². The summed E-state index contributed by atoms with van der Waals surface area (Å²) in [4.78, 5) is 30.3. The van der Waals surface area contributed by atoms with Crippen LogP contribution in [0, 0.1) is 11.6 Å². The number of nitrogens with two attached hydrogens (primary N) is 1. The molecular weight excluding hydrogens is 471 g/mol. The number of nitrogens with zero attached hydrogens (tertiary/aromatic N) is 2. The molecule has 2 amide bonds. The van der Waals surface area contributed by atoms with E-state index in [-0.39, 0.29) is 43.6 Å². The molecule has 3 N–H and O–H groups in total. The lowest BCUT2D eigenvalue weighted by molar-refractivity contribution is -0.141. The first kappa shape index (κ1) is 26.5. The van der Waals surface area contributed by atoms with Gasteiger partial charge in [0.1, 0.15) is 11.6 Å². The van der Waals surface area contributed by atoms with Gasteiger partial charge in [-0.1, -0.05) is 0 Å². The second-order valence-electron chi connectivity index (χ2n) is 9.66. The Morgan fingerprint density at radius 1 is 1.17 bits per heavy atom. The normalized spacial score (nSPS) is 14.9. The number of alkyl halides is 3. The van der Waals surface area contributed by atoms with Crippen molar-refractivity contribution < 1.29 is 31.5 Å². The Labute approximate surface area is 199 Å². The van der Waals surface area contributed by atoms with Gasteiger partial charge in [-0.3, -0.25) is 9.59 Å². The van der Waals surface area contributed by atoms with Crippen LogP contribution in [0.25, 0.3) is 0 Å². The van der Waals surface area contributed by atoms with Crippen molar-refractivity contribution in [3.63, 3.8) is 0 Å². The summed E-state index contributed by atoms with van der Waals surface area (Å²) < 4.78 is 68.4. The van der Waals surface area contributed by atoms with Crippen molar-refractivity contribution in [3.8, 4) is 0 Å². The number of nitrogens with one attached hydrogen (secondary N) is 1. The van der Waals surface area contributed by atoms with Crippen molar-refractivity contribution in [2.75, 3.05) is 6.54 Å². The quantitative estimate of drug-likeness (QED) is 0.615. The van der Waals surface area contributed by atoms with Crippen molar-refractivity contribution in [1.82, 2.24) is 15.2 Å². The van der Waals surface area contributed by atoms with Gasteiger partial charge in [-0.25, -0.2) is 13.8 Å². The van der Waals surface area contributed by atoms with E-state index >= 15 is 0 Å². The largest absolute Gasteiger partial charge is 0.434 e. The van der Waals surface area contributed by atoms with E-state index in [0.29, 0.717) is 5.56 Å². The van der Waals surface area contributed by atoms with E-state index in [0.717, 1.165) is 18.2 Å². The summed E-state index contributed by atoms with van der Waals surface area (Å²) in [5, 5.41) is 2.52. The van der Waals surface area contributed by atoms with Gasteiger partial charge in [0.15, 0.2) is 5.69 Å². The highest BCUT2D eigenvalue weighted by molar-refractivity contribution is 5.96. The summed E-state index contributed by atoms with van der Waals surface area (Å²) in [7, 11) is 0. The molecule has 0 saturated heterocycles. The molecule has 0 aliphatic carbocycles. The fourth-order valence-corrected chi connectivity index (χ4v) is 3.88. The minimum Gasteiger partial charge on any atom is -0.347 e. The lowest BCUT2D eigenvalue weighted by Gasteiger charge is -2.30. The number of halogens is 5.